The van der Waals surface area contributed by atoms with E-state index in [9.17, 15) is 9.59 Å². The maximum atomic E-state index is 12.4. The molecule has 1 aromatic heterocycles. The minimum absolute atomic E-state index is 0.0106. The van der Waals surface area contributed by atoms with Crippen LogP contribution in [0.3, 0.4) is 0 Å². The standard InChI is InChI=1S/C14H15NO4S/c16-13(17)4-3-12-5-9(8-20-12)14(18)15-6-10-1-2-11(7-15)19-10/h3-5,8,10-11H,1-2,6-7H2,(H,16,17). The fourth-order valence-electron chi connectivity index (χ4n) is 2.67. The van der Waals surface area contributed by atoms with Gasteiger partial charge in [-0.1, -0.05) is 0 Å². The molecule has 2 bridgehead atoms. The van der Waals surface area contributed by atoms with Crippen LogP contribution in [0.5, 0.6) is 0 Å². The van der Waals surface area contributed by atoms with Gasteiger partial charge in [-0.25, -0.2) is 4.79 Å². The summed E-state index contributed by atoms with van der Waals surface area (Å²) in [6.45, 7) is 1.32. The van der Waals surface area contributed by atoms with Crippen LogP contribution in [-0.4, -0.2) is 47.2 Å². The number of hydrogen-bond donors (Lipinski definition) is 1. The van der Waals surface area contributed by atoms with E-state index in [1.54, 1.807) is 11.4 Å². The third-order valence-electron chi connectivity index (χ3n) is 3.59. The van der Waals surface area contributed by atoms with Crippen molar-refractivity contribution < 1.29 is 19.4 Å². The Kier molecular flexibility index (Phi) is 3.58. The number of rotatable bonds is 3. The predicted octanol–water partition coefficient (Wildman–Crippen LogP) is 1.85. The van der Waals surface area contributed by atoms with Gasteiger partial charge in [-0.2, -0.15) is 0 Å². The average Bonchev–Trinajstić information content (AvgIpc) is 3.02. The van der Waals surface area contributed by atoms with E-state index < -0.39 is 5.97 Å². The number of likely N-dealkylation sites (tertiary alicyclic amines) is 1. The van der Waals surface area contributed by atoms with Crippen LogP contribution in [0, 0.1) is 0 Å². The van der Waals surface area contributed by atoms with Crippen LogP contribution in [0.15, 0.2) is 17.5 Å². The first kappa shape index (κ1) is 13.3. The number of nitrogens with zero attached hydrogens (tertiary/aromatic N) is 1. The van der Waals surface area contributed by atoms with Gasteiger partial charge in [0.1, 0.15) is 0 Å². The van der Waals surface area contributed by atoms with Crippen molar-refractivity contribution in [3.05, 3.63) is 28.0 Å². The summed E-state index contributed by atoms with van der Waals surface area (Å²) in [5.41, 5.74) is 0.626. The first-order valence-electron chi connectivity index (χ1n) is 6.56. The van der Waals surface area contributed by atoms with Crippen molar-refractivity contribution in [3.8, 4) is 0 Å². The molecule has 0 aliphatic carbocycles. The minimum Gasteiger partial charge on any atom is -0.478 e. The molecular formula is C14H15NO4S. The van der Waals surface area contributed by atoms with Crippen molar-refractivity contribution >= 4 is 29.3 Å². The summed E-state index contributed by atoms with van der Waals surface area (Å²) in [4.78, 5) is 25.5. The molecule has 2 fully saturated rings. The normalized spacial score (nSPS) is 25.3. The van der Waals surface area contributed by atoms with E-state index in [0.717, 1.165) is 23.8 Å². The van der Waals surface area contributed by atoms with Crippen molar-refractivity contribution in [2.45, 2.75) is 25.0 Å². The summed E-state index contributed by atoms with van der Waals surface area (Å²) in [6, 6.07) is 1.74. The smallest absolute Gasteiger partial charge is 0.328 e. The number of fused-ring (bicyclic) bond motifs is 2. The average molecular weight is 293 g/mol. The third-order valence-corrected chi connectivity index (χ3v) is 4.49. The van der Waals surface area contributed by atoms with E-state index in [1.807, 2.05) is 4.90 Å². The molecule has 2 aliphatic rings. The Morgan fingerprint density at radius 2 is 2.05 bits per heavy atom. The molecule has 6 heteroatoms. The van der Waals surface area contributed by atoms with Crippen molar-refractivity contribution in [3.63, 3.8) is 0 Å². The molecule has 1 N–H and O–H groups in total. The lowest BCUT2D eigenvalue weighted by molar-refractivity contribution is -0.131. The van der Waals surface area contributed by atoms with Gasteiger partial charge in [0, 0.05) is 29.4 Å². The topological polar surface area (TPSA) is 66.8 Å². The number of hydrogen-bond acceptors (Lipinski definition) is 4. The number of aliphatic carboxylic acids is 1. The number of morpholine rings is 1. The first-order valence-corrected chi connectivity index (χ1v) is 7.44. The van der Waals surface area contributed by atoms with Gasteiger partial charge in [0.25, 0.3) is 5.91 Å². The Labute approximate surface area is 120 Å². The summed E-state index contributed by atoms with van der Waals surface area (Å²) >= 11 is 1.37. The number of carboxylic acids is 1. The second-order valence-electron chi connectivity index (χ2n) is 5.08. The Bertz CT molecular complexity index is 553. The SMILES string of the molecule is O=C(O)C=Cc1cc(C(=O)N2CC3CCC(C2)O3)cs1. The lowest BCUT2D eigenvalue weighted by atomic mass is 10.2. The molecular weight excluding hydrogens is 278 g/mol. The molecule has 1 amide bonds. The van der Waals surface area contributed by atoms with Gasteiger partial charge in [-0.3, -0.25) is 4.79 Å². The number of thiophene rings is 1. The summed E-state index contributed by atoms with van der Waals surface area (Å²) in [5, 5.41) is 10.4. The van der Waals surface area contributed by atoms with E-state index in [4.69, 9.17) is 9.84 Å². The first-order chi connectivity index (χ1) is 9.61. The van der Waals surface area contributed by atoms with Gasteiger partial charge >= 0.3 is 5.97 Å². The van der Waals surface area contributed by atoms with Gasteiger partial charge in [-0.15, -0.1) is 11.3 Å². The molecule has 0 radical (unpaired) electrons. The molecule has 2 unspecified atom stereocenters. The van der Waals surface area contributed by atoms with Gasteiger partial charge in [0.05, 0.1) is 17.8 Å². The fourth-order valence-corrected chi connectivity index (χ4v) is 3.44. The molecule has 0 aromatic carbocycles. The van der Waals surface area contributed by atoms with Gasteiger partial charge in [0.15, 0.2) is 0 Å². The van der Waals surface area contributed by atoms with E-state index >= 15 is 0 Å². The summed E-state index contributed by atoms with van der Waals surface area (Å²) < 4.78 is 5.72. The van der Waals surface area contributed by atoms with Crippen LogP contribution in [0.1, 0.15) is 28.1 Å². The highest BCUT2D eigenvalue weighted by Crippen LogP contribution is 2.28. The highest BCUT2D eigenvalue weighted by atomic mass is 32.1. The lowest BCUT2D eigenvalue weighted by Crippen LogP contribution is -2.45. The maximum Gasteiger partial charge on any atom is 0.328 e. The van der Waals surface area contributed by atoms with Crippen molar-refractivity contribution in [2.24, 2.45) is 0 Å². The zero-order valence-corrected chi connectivity index (χ0v) is 11.6. The third kappa shape index (κ3) is 2.76. The Hall–Kier alpha value is -1.66. The Morgan fingerprint density at radius 3 is 2.70 bits per heavy atom. The molecule has 1 aromatic rings. The quantitative estimate of drug-likeness (QED) is 0.864. The Balaban J connectivity index is 1.69. The minimum atomic E-state index is -0.990. The van der Waals surface area contributed by atoms with Crippen molar-refractivity contribution in [1.82, 2.24) is 4.90 Å². The summed E-state index contributed by atoms with van der Waals surface area (Å²) in [5.74, 6) is -0.979. The second kappa shape index (κ2) is 5.38. The molecule has 106 valence electrons. The number of ether oxygens (including phenoxy) is 1. The molecule has 0 spiro atoms. The maximum absolute atomic E-state index is 12.4. The summed E-state index contributed by atoms with van der Waals surface area (Å²) in [6.07, 6.45) is 5.02. The van der Waals surface area contributed by atoms with Crippen LogP contribution in [0.2, 0.25) is 0 Å². The summed E-state index contributed by atoms with van der Waals surface area (Å²) in [7, 11) is 0. The van der Waals surface area contributed by atoms with Crippen LogP contribution >= 0.6 is 11.3 Å². The lowest BCUT2D eigenvalue weighted by Gasteiger charge is -2.31. The largest absolute Gasteiger partial charge is 0.478 e. The van der Waals surface area contributed by atoms with Gasteiger partial charge in [-0.05, 0) is 25.0 Å². The van der Waals surface area contributed by atoms with Crippen LogP contribution in [0.4, 0.5) is 0 Å². The molecule has 0 saturated carbocycles. The van der Waals surface area contributed by atoms with E-state index in [1.165, 1.54) is 17.4 Å². The molecule has 3 rings (SSSR count). The molecule has 3 heterocycles. The molecule has 5 nitrogen and oxygen atoms in total. The number of carboxylic acid groups (broad SMARTS) is 1. The zero-order valence-electron chi connectivity index (χ0n) is 10.8. The van der Waals surface area contributed by atoms with Crippen molar-refractivity contribution in [2.75, 3.05) is 13.1 Å². The molecule has 20 heavy (non-hydrogen) atoms. The Morgan fingerprint density at radius 1 is 1.35 bits per heavy atom. The zero-order chi connectivity index (χ0) is 14.1. The van der Waals surface area contributed by atoms with E-state index in [-0.39, 0.29) is 18.1 Å². The highest BCUT2D eigenvalue weighted by Gasteiger charge is 2.36. The van der Waals surface area contributed by atoms with Crippen molar-refractivity contribution in [1.29, 1.82) is 0 Å². The van der Waals surface area contributed by atoms with Crippen LogP contribution < -0.4 is 0 Å². The fraction of sp³-hybridized carbons (Fsp3) is 0.429. The van der Waals surface area contributed by atoms with E-state index in [0.29, 0.717) is 18.7 Å². The number of carbonyl (C=O) groups excluding carboxylic acids is 1. The highest BCUT2D eigenvalue weighted by molar-refractivity contribution is 7.11. The van der Waals surface area contributed by atoms with Crippen LogP contribution in [0.25, 0.3) is 6.08 Å². The van der Waals surface area contributed by atoms with Gasteiger partial charge < -0.3 is 14.7 Å². The monoisotopic (exact) mass is 293 g/mol. The van der Waals surface area contributed by atoms with Gasteiger partial charge in [0.2, 0.25) is 0 Å². The molecule has 2 saturated heterocycles. The predicted molar refractivity (Wildman–Crippen MR) is 74.8 cm³/mol. The number of carbonyl (C=O) groups is 2. The number of amides is 1. The van der Waals surface area contributed by atoms with Crippen LogP contribution in [-0.2, 0) is 9.53 Å². The molecule has 2 aliphatic heterocycles. The molecule has 2 atom stereocenters. The second-order valence-corrected chi connectivity index (χ2v) is 6.02. The van der Waals surface area contributed by atoms with E-state index in [2.05, 4.69) is 0 Å².